The number of para-hydroxylation sites is 1. The number of Topliss-reactive ketones (excluding diaryl/α,β-unsaturated/α-hetero) is 1. The second-order valence-corrected chi connectivity index (χ2v) is 8.94. The molecule has 0 bridgehead atoms. The quantitative estimate of drug-likeness (QED) is 0.505. The van der Waals surface area contributed by atoms with Gasteiger partial charge in [-0.1, -0.05) is 41.9 Å². The summed E-state index contributed by atoms with van der Waals surface area (Å²) in [4.78, 5) is 30.5. The van der Waals surface area contributed by atoms with Gasteiger partial charge in [-0.25, -0.2) is 0 Å². The maximum atomic E-state index is 13.6. The van der Waals surface area contributed by atoms with E-state index >= 15 is 0 Å². The molecule has 7 nitrogen and oxygen atoms in total. The molecule has 1 amide bonds. The number of morpholine rings is 1. The third-order valence-electron chi connectivity index (χ3n) is 6.34. The van der Waals surface area contributed by atoms with Crippen molar-refractivity contribution in [3.8, 4) is 0 Å². The van der Waals surface area contributed by atoms with Gasteiger partial charge in [0.25, 0.3) is 5.91 Å². The Morgan fingerprint density at radius 1 is 1.06 bits per heavy atom. The largest absolute Gasteiger partial charge is 0.503 e. The third kappa shape index (κ3) is 4.34. The van der Waals surface area contributed by atoms with Crippen molar-refractivity contribution < 1.29 is 23.8 Å². The molecule has 0 radical (unpaired) electrons. The number of rotatable bonds is 7. The molecule has 2 aliphatic heterocycles. The first-order valence-electron chi connectivity index (χ1n) is 11.4. The minimum absolute atomic E-state index is 0.0118. The molecule has 1 atom stereocenters. The summed E-state index contributed by atoms with van der Waals surface area (Å²) in [6.45, 7) is 4.28. The number of aliphatic hydroxyl groups is 1. The normalized spacial score (nSPS) is 19.4. The minimum Gasteiger partial charge on any atom is -0.503 e. The van der Waals surface area contributed by atoms with E-state index in [1.54, 1.807) is 35.2 Å². The van der Waals surface area contributed by atoms with E-state index in [9.17, 15) is 14.7 Å². The molecule has 1 fully saturated rings. The van der Waals surface area contributed by atoms with Gasteiger partial charge < -0.3 is 19.2 Å². The molecule has 1 aromatic heterocycles. The Kier molecular flexibility index (Phi) is 6.41. The number of ether oxygens (including phenoxy) is 1. The van der Waals surface area contributed by atoms with Gasteiger partial charge in [-0.2, -0.15) is 0 Å². The number of hydrogen-bond donors (Lipinski definition) is 1. The van der Waals surface area contributed by atoms with Crippen LogP contribution in [0.3, 0.4) is 0 Å². The lowest BCUT2D eigenvalue weighted by atomic mass is 9.95. The molecular weight excluding hydrogens is 456 g/mol. The molecule has 34 heavy (non-hydrogen) atoms. The van der Waals surface area contributed by atoms with Crippen molar-refractivity contribution in [2.24, 2.45) is 0 Å². The second kappa shape index (κ2) is 9.62. The number of aliphatic hydroxyl groups excluding tert-OH is 1. The lowest BCUT2D eigenvalue weighted by Gasteiger charge is -2.30. The van der Waals surface area contributed by atoms with Crippen molar-refractivity contribution in [1.82, 2.24) is 9.80 Å². The molecule has 1 saturated heterocycles. The van der Waals surface area contributed by atoms with Crippen LogP contribution in [0.2, 0.25) is 5.02 Å². The fourth-order valence-corrected chi connectivity index (χ4v) is 4.85. The summed E-state index contributed by atoms with van der Waals surface area (Å²) >= 11 is 6.24. The first-order valence-corrected chi connectivity index (χ1v) is 11.7. The first-order chi connectivity index (χ1) is 16.5. The topological polar surface area (TPSA) is 83.2 Å². The van der Waals surface area contributed by atoms with Gasteiger partial charge in [-0.15, -0.1) is 0 Å². The van der Waals surface area contributed by atoms with E-state index in [2.05, 4.69) is 4.90 Å². The highest BCUT2D eigenvalue weighted by molar-refractivity contribution is 6.30. The van der Waals surface area contributed by atoms with E-state index < -0.39 is 23.5 Å². The van der Waals surface area contributed by atoms with Crippen LogP contribution in [-0.4, -0.2) is 66.0 Å². The van der Waals surface area contributed by atoms with Crippen LogP contribution in [0, 0.1) is 0 Å². The summed E-state index contributed by atoms with van der Waals surface area (Å²) in [7, 11) is 0. The van der Waals surface area contributed by atoms with Crippen molar-refractivity contribution in [2.75, 3.05) is 39.4 Å². The van der Waals surface area contributed by atoms with Crippen molar-refractivity contribution in [3.63, 3.8) is 0 Å². The fourth-order valence-electron chi connectivity index (χ4n) is 4.66. The second-order valence-electron chi connectivity index (χ2n) is 8.50. The number of amides is 1. The summed E-state index contributed by atoms with van der Waals surface area (Å²) in [5, 5.41) is 12.1. The van der Waals surface area contributed by atoms with Crippen molar-refractivity contribution in [3.05, 3.63) is 82.3 Å². The highest BCUT2D eigenvalue weighted by Crippen LogP contribution is 2.40. The SMILES string of the molecule is O=C(C1=C(O)C(=O)N(CCCN2CCOCC2)[C@@H]1c1cccc(Cl)c1)c1cc2ccccc2o1. The fraction of sp³-hybridized carbons (Fsp3) is 0.308. The van der Waals surface area contributed by atoms with Crippen molar-refractivity contribution in [2.45, 2.75) is 12.5 Å². The van der Waals surface area contributed by atoms with Crippen molar-refractivity contribution >= 4 is 34.3 Å². The summed E-state index contributed by atoms with van der Waals surface area (Å²) in [5.41, 5.74) is 1.24. The van der Waals surface area contributed by atoms with E-state index in [0.717, 1.165) is 25.0 Å². The van der Waals surface area contributed by atoms with Crippen LogP contribution in [0.15, 0.2) is 70.3 Å². The standard InChI is InChI=1S/C26H25ClN2O5/c27-19-7-3-6-18(15-19)23-22(24(30)21-16-17-5-1-2-8-20(17)34-21)25(31)26(32)29(23)10-4-9-28-11-13-33-14-12-28/h1-3,5-8,15-16,23,31H,4,9-14H2/t23-/m1/s1. The van der Waals surface area contributed by atoms with Crippen LogP contribution < -0.4 is 0 Å². The van der Waals surface area contributed by atoms with Crippen LogP contribution in [0.5, 0.6) is 0 Å². The monoisotopic (exact) mass is 480 g/mol. The molecule has 0 aliphatic carbocycles. The predicted molar refractivity (Wildman–Crippen MR) is 128 cm³/mol. The van der Waals surface area contributed by atoms with E-state index in [4.69, 9.17) is 20.8 Å². The van der Waals surface area contributed by atoms with Crippen LogP contribution in [0.1, 0.15) is 28.6 Å². The Hall–Kier alpha value is -3.13. The third-order valence-corrected chi connectivity index (χ3v) is 6.57. The molecule has 3 aromatic rings. The highest BCUT2D eigenvalue weighted by atomic mass is 35.5. The van der Waals surface area contributed by atoms with E-state index in [1.807, 2.05) is 24.3 Å². The Balaban J connectivity index is 1.45. The van der Waals surface area contributed by atoms with Gasteiger partial charge in [-0.3, -0.25) is 14.5 Å². The molecule has 2 aromatic carbocycles. The molecule has 176 valence electrons. The highest BCUT2D eigenvalue weighted by Gasteiger charge is 2.44. The summed E-state index contributed by atoms with van der Waals surface area (Å²) in [6.07, 6.45) is 0.697. The van der Waals surface area contributed by atoms with Gasteiger partial charge in [0.05, 0.1) is 24.8 Å². The van der Waals surface area contributed by atoms with E-state index in [-0.39, 0.29) is 11.3 Å². The van der Waals surface area contributed by atoms with Gasteiger partial charge in [0, 0.05) is 36.6 Å². The zero-order valence-electron chi connectivity index (χ0n) is 18.6. The zero-order chi connectivity index (χ0) is 23.7. The zero-order valence-corrected chi connectivity index (χ0v) is 19.3. The van der Waals surface area contributed by atoms with Crippen LogP contribution >= 0.6 is 11.6 Å². The molecule has 1 N–H and O–H groups in total. The van der Waals surface area contributed by atoms with E-state index in [1.165, 1.54) is 0 Å². The van der Waals surface area contributed by atoms with Gasteiger partial charge in [0.2, 0.25) is 5.78 Å². The number of fused-ring (bicyclic) bond motifs is 1. The molecule has 8 heteroatoms. The maximum absolute atomic E-state index is 13.6. The average molecular weight is 481 g/mol. The first kappa shape index (κ1) is 22.7. The number of ketones is 1. The molecule has 5 rings (SSSR count). The smallest absolute Gasteiger partial charge is 0.290 e. The molecule has 3 heterocycles. The van der Waals surface area contributed by atoms with Gasteiger partial charge in [-0.05, 0) is 36.2 Å². The lowest BCUT2D eigenvalue weighted by molar-refractivity contribution is -0.129. The summed E-state index contributed by atoms with van der Waals surface area (Å²) < 4.78 is 11.2. The van der Waals surface area contributed by atoms with Gasteiger partial charge in [0.1, 0.15) is 5.58 Å². The van der Waals surface area contributed by atoms with Gasteiger partial charge in [0.15, 0.2) is 11.5 Å². The number of nitrogens with zero attached hydrogens (tertiary/aromatic N) is 2. The minimum atomic E-state index is -0.753. The molecule has 0 spiro atoms. The number of carbonyl (C=O) groups is 2. The molecule has 0 saturated carbocycles. The predicted octanol–water partition coefficient (Wildman–Crippen LogP) is 4.39. The molecule has 0 unspecified atom stereocenters. The number of furan rings is 1. The Bertz CT molecular complexity index is 1230. The number of carbonyl (C=O) groups excluding carboxylic acids is 2. The Labute approximate surface area is 202 Å². The maximum Gasteiger partial charge on any atom is 0.290 e. The van der Waals surface area contributed by atoms with E-state index in [0.29, 0.717) is 42.3 Å². The number of benzene rings is 2. The van der Waals surface area contributed by atoms with Gasteiger partial charge >= 0.3 is 0 Å². The van der Waals surface area contributed by atoms with Crippen LogP contribution in [0.25, 0.3) is 11.0 Å². The van der Waals surface area contributed by atoms with Crippen LogP contribution in [0.4, 0.5) is 0 Å². The molecule has 2 aliphatic rings. The Morgan fingerprint density at radius 3 is 2.62 bits per heavy atom. The summed E-state index contributed by atoms with van der Waals surface area (Å²) in [5.74, 6) is -1.53. The van der Waals surface area contributed by atoms with Crippen LogP contribution in [-0.2, 0) is 9.53 Å². The number of halogens is 1. The number of hydrogen-bond acceptors (Lipinski definition) is 6. The van der Waals surface area contributed by atoms with Crippen molar-refractivity contribution in [1.29, 1.82) is 0 Å². The molecular formula is C26H25ClN2O5. The lowest BCUT2D eigenvalue weighted by Crippen LogP contribution is -2.39. The average Bonchev–Trinajstić information content (AvgIpc) is 3.39. The summed E-state index contributed by atoms with van der Waals surface area (Å²) in [6, 6.07) is 15.2. The Morgan fingerprint density at radius 2 is 1.85 bits per heavy atom.